The highest BCUT2D eigenvalue weighted by atomic mass is 16.5. The largest absolute Gasteiger partial charge is 0.490 e. The quantitative estimate of drug-likeness (QED) is 0.422. The predicted octanol–water partition coefficient (Wildman–Crippen LogP) is 3.02. The van der Waals surface area contributed by atoms with Gasteiger partial charge in [0.05, 0.1) is 30.9 Å². The van der Waals surface area contributed by atoms with Gasteiger partial charge < -0.3 is 25.3 Å². The Hall–Kier alpha value is -3.27. The zero-order chi connectivity index (χ0) is 22.2. The topological polar surface area (TPSA) is 94.6 Å². The Kier molecular flexibility index (Phi) is 7.71. The first kappa shape index (κ1) is 22.4. The van der Waals surface area contributed by atoms with E-state index in [2.05, 4.69) is 22.1 Å². The molecule has 3 rings (SSSR count). The number of fused-ring (bicyclic) bond motifs is 1. The Bertz CT molecular complexity index is 1090. The third-order valence-corrected chi connectivity index (χ3v) is 4.75. The molecule has 1 atom stereocenters. The molecule has 6 nitrogen and oxygen atoms in total. The van der Waals surface area contributed by atoms with Gasteiger partial charge in [-0.3, -0.25) is 4.79 Å². The number of carbonyl (C=O) groups excluding carboxylic acids is 1. The Morgan fingerprint density at radius 3 is 2.74 bits per heavy atom. The highest BCUT2D eigenvalue weighted by molar-refractivity contribution is 5.97. The maximum atomic E-state index is 13.1. The monoisotopic (exact) mass is 420 g/mol. The molecule has 0 aliphatic rings. The second-order valence-corrected chi connectivity index (χ2v) is 7.57. The zero-order valence-corrected chi connectivity index (χ0v) is 17.8. The van der Waals surface area contributed by atoms with Gasteiger partial charge in [-0.2, -0.15) is 0 Å². The van der Waals surface area contributed by atoms with E-state index in [-0.39, 0.29) is 25.2 Å². The number of aromatic nitrogens is 1. The molecule has 0 bridgehead atoms. The van der Waals surface area contributed by atoms with E-state index in [1.165, 1.54) is 0 Å². The summed E-state index contributed by atoms with van der Waals surface area (Å²) in [4.78, 5) is 16.3. The molecule has 0 aliphatic carbocycles. The third kappa shape index (κ3) is 5.88. The minimum Gasteiger partial charge on any atom is -0.490 e. The molecule has 31 heavy (non-hydrogen) atoms. The van der Waals surface area contributed by atoms with E-state index in [0.29, 0.717) is 29.7 Å². The van der Waals surface area contributed by atoms with Crippen molar-refractivity contribution in [3.05, 3.63) is 65.4 Å². The third-order valence-electron chi connectivity index (χ3n) is 4.75. The number of carbonyl (C=O) groups is 1. The lowest BCUT2D eigenvalue weighted by atomic mass is 10.0. The van der Waals surface area contributed by atoms with Gasteiger partial charge in [-0.1, -0.05) is 30.0 Å². The summed E-state index contributed by atoms with van der Waals surface area (Å²) in [5.74, 6) is 5.94. The molecule has 0 spiro atoms. The molecular weight excluding hydrogens is 392 g/mol. The van der Waals surface area contributed by atoms with Crippen LogP contribution in [-0.4, -0.2) is 46.5 Å². The molecular formula is C25H28N2O4. The Morgan fingerprint density at radius 1 is 1.19 bits per heavy atom. The zero-order valence-electron chi connectivity index (χ0n) is 17.8. The van der Waals surface area contributed by atoms with Gasteiger partial charge in [0.15, 0.2) is 0 Å². The van der Waals surface area contributed by atoms with Gasteiger partial charge in [-0.15, -0.1) is 0 Å². The average Bonchev–Trinajstić information content (AvgIpc) is 3.16. The lowest BCUT2D eigenvalue weighted by Crippen LogP contribution is -2.39. The molecule has 1 heterocycles. The fourth-order valence-electron chi connectivity index (χ4n) is 3.35. The highest BCUT2D eigenvalue weighted by Crippen LogP contribution is 2.23. The summed E-state index contributed by atoms with van der Waals surface area (Å²) >= 11 is 0. The van der Waals surface area contributed by atoms with Gasteiger partial charge in [0.25, 0.3) is 5.91 Å². The maximum Gasteiger partial charge on any atom is 0.255 e. The number of aromatic amines is 1. The summed E-state index contributed by atoms with van der Waals surface area (Å²) in [7, 11) is 0. The smallest absolute Gasteiger partial charge is 0.255 e. The minimum absolute atomic E-state index is 0.0130. The molecule has 0 saturated heterocycles. The molecule has 1 aromatic heterocycles. The molecule has 2 aromatic carbocycles. The second-order valence-electron chi connectivity index (χ2n) is 7.57. The number of hydrogen-bond donors (Lipinski definition) is 4. The van der Waals surface area contributed by atoms with E-state index in [1.807, 2.05) is 44.3 Å². The Labute approximate surface area is 182 Å². The summed E-state index contributed by atoms with van der Waals surface area (Å²) in [6.07, 6.45) is 2.66. The van der Waals surface area contributed by atoms with Gasteiger partial charge in [0.1, 0.15) is 5.75 Å². The molecule has 3 aromatic rings. The van der Waals surface area contributed by atoms with Crippen LogP contribution in [-0.2, 0) is 6.42 Å². The van der Waals surface area contributed by atoms with Crippen LogP contribution in [0.25, 0.3) is 10.9 Å². The van der Waals surface area contributed by atoms with Crippen LogP contribution in [0.4, 0.5) is 0 Å². The summed E-state index contributed by atoms with van der Waals surface area (Å²) in [5, 5.41) is 22.8. The van der Waals surface area contributed by atoms with Crippen LogP contribution in [0.3, 0.4) is 0 Å². The molecule has 0 fully saturated rings. The summed E-state index contributed by atoms with van der Waals surface area (Å²) in [6.45, 7) is 3.58. The van der Waals surface area contributed by atoms with Crippen LogP contribution in [0.2, 0.25) is 0 Å². The van der Waals surface area contributed by atoms with E-state index in [4.69, 9.17) is 9.84 Å². The number of nitrogens with one attached hydrogen (secondary N) is 2. The van der Waals surface area contributed by atoms with Crippen LogP contribution >= 0.6 is 0 Å². The standard InChI is InChI=1S/C25H28N2O4/c1-17(2)31-24-11-10-18(7-5-6-12-28)13-22(24)25(30)27-20(16-29)14-19-15-26-23-9-4-3-8-21(19)23/h3-4,8-11,13,15,17,20,26,28-29H,6,12,14,16H2,1-2H3,(H,27,30)/t20-/m1/s1. The normalized spacial score (nSPS) is 11.8. The van der Waals surface area contributed by atoms with Crippen LogP contribution < -0.4 is 10.1 Å². The number of hydrogen-bond acceptors (Lipinski definition) is 4. The molecule has 0 aliphatic heterocycles. The molecule has 6 heteroatoms. The van der Waals surface area contributed by atoms with Crippen molar-refractivity contribution in [1.82, 2.24) is 10.3 Å². The molecule has 162 valence electrons. The number of amides is 1. The van der Waals surface area contributed by atoms with Gasteiger partial charge in [0, 0.05) is 29.1 Å². The van der Waals surface area contributed by atoms with Crippen LogP contribution in [0, 0.1) is 11.8 Å². The fraction of sp³-hybridized carbons (Fsp3) is 0.320. The Balaban J connectivity index is 1.82. The second kappa shape index (κ2) is 10.7. The van der Waals surface area contributed by atoms with E-state index in [9.17, 15) is 9.90 Å². The van der Waals surface area contributed by atoms with Crippen molar-refractivity contribution in [3.8, 4) is 17.6 Å². The molecule has 1 amide bonds. The molecule has 4 N–H and O–H groups in total. The number of ether oxygens (including phenoxy) is 1. The van der Waals surface area contributed by atoms with Crippen molar-refractivity contribution in [1.29, 1.82) is 0 Å². The SMILES string of the molecule is CC(C)Oc1ccc(C#CCCO)cc1C(=O)N[C@@H](CO)Cc1c[nH]c2ccccc12. The van der Waals surface area contributed by atoms with Gasteiger partial charge in [0.2, 0.25) is 0 Å². The van der Waals surface area contributed by atoms with Crippen molar-refractivity contribution in [2.45, 2.75) is 38.8 Å². The van der Waals surface area contributed by atoms with Crippen molar-refractivity contribution < 1.29 is 19.7 Å². The maximum absolute atomic E-state index is 13.1. The van der Waals surface area contributed by atoms with Crippen molar-refractivity contribution in [3.63, 3.8) is 0 Å². The first-order valence-electron chi connectivity index (χ1n) is 10.4. The number of rotatable bonds is 8. The van der Waals surface area contributed by atoms with Gasteiger partial charge >= 0.3 is 0 Å². The average molecular weight is 421 g/mol. The lowest BCUT2D eigenvalue weighted by molar-refractivity contribution is 0.0910. The van der Waals surface area contributed by atoms with Crippen LogP contribution in [0.15, 0.2) is 48.7 Å². The van der Waals surface area contributed by atoms with Crippen molar-refractivity contribution in [2.24, 2.45) is 0 Å². The van der Waals surface area contributed by atoms with E-state index < -0.39 is 6.04 Å². The van der Waals surface area contributed by atoms with E-state index in [1.54, 1.807) is 18.2 Å². The van der Waals surface area contributed by atoms with Crippen molar-refractivity contribution in [2.75, 3.05) is 13.2 Å². The number of para-hydroxylation sites is 1. The lowest BCUT2D eigenvalue weighted by Gasteiger charge is -2.19. The molecule has 0 saturated carbocycles. The summed E-state index contributed by atoms with van der Waals surface area (Å²) in [6, 6.07) is 12.7. The first-order valence-corrected chi connectivity index (χ1v) is 10.4. The van der Waals surface area contributed by atoms with Crippen LogP contribution in [0.1, 0.15) is 41.8 Å². The summed E-state index contributed by atoms with van der Waals surface area (Å²) in [5.41, 5.74) is 3.06. The van der Waals surface area contributed by atoms with Gasteiger partial charge in [-0.05, 0) is 50.1 Å². The predicted molar refractivity (Wildman–Crippen MR) is 121 cm³/mol. The number of H-pyrrole nitrogens is 1. The van der Waals surface area contributed by atoms with E-state index in [0.717, 1.165) is 16.5 Å². The summed E-state index contributed by atoms with van der Waals surface area (Å²) < 4.78 is 5.81. The Morgan fingerprint density at radius 2 is 2.00 bits per heavy atom. The van der Waals surface area contributed by atoms with Gasteiger partial charge in [-0.25, -0.2) is 0 Å². The number of aliphatic hydroxyl groups excluding tert-OH is 2. The van der Waals surface area contributed by atoms with Crippen molar-refractivity contribution >= 4 is 16.8 Å². The molecule has 0 unspecified atom stereocenters. The number of benzene rings is 2. The minimum atomic E-state index is -0.456. The first-order chi connectivity index (χ1) is 15.0. The fourth-order valence-corrected chi connectivity index (χ4v) is 3.35. The molecule has 0 radical (unpaired) electrons. The van der Waals surface area contributed by atoms with Crippen LogP contribution in [0.5, 0.6) is 5.75 Å². The number of aliphatic hydroxyl groups is 2. The van der Waals surface area contributed by atoms with E-state index >= 15 is 0 Å². The highest BCUT2D eigenvalue weighted by Gasteiger charge is 2.19.